The molecule has 4 nitrogen and oxygen atoms in total. The molecule has 0 amide bonds. The van der Waals surface area contributed by atoms with Gasteiger partial charge in [-0.3, -0.25) is 4.57 Å². The molecule has 0 aliphatic rings. The first-order chi connectivity index (χ1) is 9.26. The quantitative estimate of drug-likeness (QED) is 0.756. The Hall–Kier alpha value is -1.32. The standard InChI is InChI=1S/C11H5BrFN.CH4FO3P/c12-9-4-8-2-1-7(6-14)3-10(8)11(13)5-9;2-1-6(3,4)5/h1-5H;1H2,(H2,3,4,5). The number of alkyl halides is 1. The average molecular weight is 364 g/mol. The van der Waals surface area contributed by atoms with Gasteiger partial charge in [0.1, 0.15) is 5.82 Å². The molecule has 0 heterocycles. The maximum atomic E-state index is 13.4. The summed E-state index contributed by atoms with van der Waals surface area (Å²) < 4.78 is 34.2. The minimum absolute atomic E-state index is 0.313. The minimum atomic E-state index is -4.31. The molecule has 2 aromatic carbocycles. The van der Waals surface area contributed by atoms with Crippen LogP contribution in [-0.2, 0) is 4.57 Å². The summed E-state index contributed by atoms with van der Waals surface area (Å²) in [6.07, 6.45) is -1.56. The third-order valence-electron chi connectivity index (χ3n) is 2.15. The molecule has 0 aromatic heterocycles. The topological polar surface area (TPSA) is 81.3 Å². The summed E-state index contributed by atoms with van der Waals surface area (Å²) in [6, 6.07) is 10.2. The van der Waals surface area contributed by atoms with Crippen LogP contribution >= 0.6 is 23.5 Å². The van der Waals surface area contributed by atoms with Crippen molar-refractivity contribution < 1.29 is 23.1 Å². The van der Waals surface area contributed by atoms with Crippen LogP contribution in [0.1, 0.15) is 5.56 Å². The highest BCUT2D eigenvalue weighted by molar-refractivity contribution is 9.10. The number of halogens is 3. The van der Waals surface area contributed by atoms with Crippen LogP contribution < -0.4 is 0 Å². The molecule has 0 atom stereocenters. The first-order valence-electron chi connectivity index (χ1n) is 5.16. The summed E-state index contributed by atoms with van der Waals surface area (Å²) in [5.41, 5.74) is 0.471. The summed E-state index contributed by atoms with van der Waals surface area (Å²) in [5.74, 6) is -0.313. The molecule has 0 saturated carbocycles. The summed E-state index contributed by atoms with van der Waals surface area (Å²) in [6.45, 7) is 0. The number of hydrogen-bond donors (Lipinski definition) is 2. The van der Waals surface area contributed by atoms with Gasteiger partial charge in [0.25, 0.3) is 0 Å². The second-order valence-electron chi connectivity index (χ2n) is 3.72. The van der Waals surface area contributed by atoms with E-state index in [1.807, 2.05) is 12.1 Å². The van der Waals surface area contributed by atoms with Crippen LogP contribution in [0.25, 0.3) is 10.8 Å². The normalized spacial score (nSPS) is 10.6. The highest BCUT2D eigenvalue weighted by Gasteiger charge is 2.09. The first-order valence-corrected chi connectivity index (χ1v) is 7.75. The molecular weight excluding hydrogens is 355 g/mol. The van der Waals surface area contributed by atoms with Gasteiger partial charge in [0.15, 0.2) is 6.42 Å². The number of fused-ring (bicyclic) bond motifs is 1. The third-order valence-corrected chi connectivity index (χ3v) is 2.92. The molecule has 2 N–H and O–H groups in total. The minimum Gasteiger partial charge on any atom is -0.323 e. The van der Waals surface area contributed by atoms with E-state index in [4.69, 9.17) is 15.0 Å². The van der Waals surface area contributed by atoms with E-state index in [0.29, 0.717) is 15.4 Å². The number of hydrogen-bond acceptors (Lipinski definition) is 2. The van der Waals surface area contributed by atoms with Crippen molar-refractivity contribution in [3.63, 3.8) is 0 Å². The molecule has 8 heteroatoms. The number of nitrogens with zero attached hydrogens (tertiary/aromatic N) is 1. The Kier molecular flexibility index (Phi) is 5.78. The van der Waals surface area contributed by atoms with Crippen LogP contribution in [0.2, 0.25) is 0 Å². The second kappa shape index (κ2) is 6.91. The van der Waals surface area contributed by atoms with Crippen molar-refractivity contribution in [2.75, 3.05) is 6.42 Å². The van der Waals surface area contributed by atoms with Crippen molar-refractivity contribution in [2.24, 2.45) is 0 Å². The van der Waals surface area contributed by atoms with Gasteiger partial charge >= 0.3 is 7.60 Å². The highest BCUT2D eigenvalue weighted by atomic mass is 79.9. The van der Waals surface area contributed by atoms with Crippen LogP contribution in [0.4, 0.5) is 8.78 Å². The molecule has 0 spiro atoms. The Bertz CT molecular complexity index is 712. The van der Waals surface area contributed by atoms with Crippen molar-refractivity contribution in [2.45, 2.75) is 0 Å². The Morgan fingerprint density at radius 1 is 1.30 bits per heavy atom. The molecule has 0 unspecified atom stereocenters. The molecular formula is C12H9BrF2NO3P. The molecule has 0 aliphatic carbocycles. The van der Waals surface area contributed by atoms with Gasteiger partial charge in [-0.1, -0.05) is 22.0 Å². The van der Waals surface area contributed by atoms with Crippen molar-refractivity contribution in [1.29, 1.82) is 5.26 Å². The van der Waals surface area contributed by atoms with Gasteiger partial charge in [0.2, 0.25) is 0 Å². The zero-order valence-corrected chi connectivity index (χ0v) is 12.4. The van der Waals surface area contributed by atoms with Gasteiger partial charge in [0.05, 0.1) is 11.6 Å². The maximum Gasteiger partial charge on any atom is 0.356 e. The van der Waals surface area contributed by atoms with Gasteiger partial charge in [-0.05, 0) is 29.7 Å². The van der Waals surface area contributed by atoms with E-state index in [1.165, 1.54) is 6.07 Å². The molecule has 2 rings (SSSR count). The summed E-state index contributed by atoms with van der Waals surface area (Å²) in [7, 11) is -4.31. The first kappa shape index (κ1) is 16.7. The average Bonchev–Trinajstić information content (AvgIpc) is 2.38. The van der Waals surface area contributed by atoms with Gasteiger partial charge in [-0.15, -0.1) is 0 Å². The predicted octanol–water partition coefficient (Wildman–Crippen LogP) is 3.70. The Morgan fingerprint density at radius 2 is 1.90 bits per heavy atom. The fraction of sp³-hybridized carbons (Fsp3) is 0.0833. The van der Waals surface area contributed by atoms with Crippen LogP contribution in [-0.4, -0.2) is 16.2 Å². The van der Waals surface area contributed by atoms with Crippen molar-refractivity contribution in [3.05, 3.63) is 46.2 Å². The molecule has 106 valence electrons. The van der Waals surface area contributed by atoms with Gasteiger partial charge in [0, 0.05) is 9.86 Å². The van der Waals surface area contributed by atoms with E-state index in [9.17, 15) is 13.3 Å². The highest BCUT2D eigenvalue weighted by Crippen LogP contribution is 2.33. The predicted molar refractivity (Wildman–Crippen MR) is 74.3 cm³/mol. The lowest BCUT2D eigenvalue weighted by Gasteiger charge is -2.00. The van der Waals surface area contributed by atoms with Crippen LogP contribution in [0.15, 0.2) is 34.8 Å². The third kappa shape index (κ3) is 4.99. The van der Waals surface area contributed by atoms with Crippen molar-refractivity contribution >= 4 is 34.3 Å². The summed E-state index contributed by atoms with van der Waals surface area (Å²) >= 11 is 3.21. The van der Waals surface area contributed by atoms with E-state index in [0.717, 1.165) is 5.39 Å². The lowest BCUT2D eigenvalue weighted by Crippen LogP contribution is -1.82. The lowest BCUT2D eigenvalue weighted by molar-refractivity contribution is 0.348. The van der Waals surface area contributed by atoms with E-state index >= 15 is 0 Å². The van der Waals surface area contributed by atoms with Crippen LogP contribution in [0, 0.1) is 17.1 Å². The van der Waals surface area contributed by atoms with Gasteiger partial charge in [-0.2, -0.15) is 5.26 Å². The van der Waals surface area contributed by atoms with E-state index < -0.39 is 14.0 Å². The molecule has 0 radical (unpaired) electrons. The number of benzene rings is 2. The molecule has 0 saturated heterocycles. The van der Waals surface area contributed by atoms with Gasteiger partial charge in [-0.25, -0.2) is 8.78 Å². The smallest absolute Gasteiger partial charge is 0.323 e. The SMILES string of the molecule is N#Cc1ccc2cc(Br)cc(F)c2c1.O=P(O)(O)CF. The molecule has 2 aromatic rings. The second-order valence-corrected chi connectivity index (χ2v) is 6.20. The molecule has 20 heavy (non-hydrogen) atoms. The fourth-order valence-electron chi connectivity index (χ4n) is 1.35. The Morgan fingerprint density at radius 3 is 2.40 bits per heavy atom. The summed E-state index contributed by atoms with van der Waals surface area (Å²) in [4.78, 5) is 15.1. The number of nitriles is 1. The zero-order valence-electron chi connectivity index (χ0n) is 9.92. The zero-order chi connectivity index (χ0) is 15.3. The van der Waals surface area contributed by atoms with Crippen molar-refractivity contribution in [1.82, 2.24) is 0 Å². The summed E-state index contributed by atoms with van der Waals surface area (Å²) in [5, 5.41) is 9.93. The monoisotopic (exact) mass is 363 g/mol. The van der Waals surface area contributed by atoms with E-state index in [-0.39, 0.29) is 5.82 Å². The van der Waals surface area contributed by atoms with Gasteiger partial charge < -0.3 is 9.79 Å². The number of rotatable bonds is 1. The fourth-order valence-corrected chi connectivity index (χ4v) is 1.80. The van der Waals surface area contributed by atoms with Crippen molar-refractivity contribution in [3.8, 4) is 6.07 Å². The molecule has 0 bridgehead atoms. The van der Waals surface area contributed by atoms with Crippen LogP contribution in [0.5, 0.6) is 0 Å². The Balaban J connectivity index is 0.000000286. The van der Waals surface area contributed by atoms with E-state index in [1.54, 1.807) is 18.2 Å². The lowest BCUT2D eigenvalue weighted by atomic mass is 10.1. The molecule has 0 fully saturated rings. The van der Waals surface area contributed by atoms with E-state index in [2.05, 4.69) is 15.9 Å². The maximum absolute atomic E-state index is 13.4. The largest absolute Gasteiger partial charge is 0.356 e. The molecule has 0 aliphatic heterocycles. The van der Waals surface area contributed by atoms with Crippen LogP contribution in [0.3, 0.4) is 0 Å². The Labute approximate surface area is 121 Å².